The van der Waals surface area contributed by atoms with Crippen LogP contribution in [0.2, 0.25) is 0 Å². The second kappa shape index (κ2) is 11.7. The van der Waals surface area contributed by atoms with Gasteiger partial charge in [0.1, 0.15) is 22.7 Å². The molecule has 0 spiro atoms. The molecule has 3 heterocycles. The third-order valence-corrected chi connectivity index (χ3v) is 9.30. The van der Waals surface area contributed by atoms with Crippen molar-refractivity contribution in [2.75, 3.05) is 24.7 Å². The molecule has 0 aliphatic carbocycles. The number of fused-ring (bicyclic) bond motifs is 2. The van der Waals surface area contributed by atoms with Gasteiger partial charge in [0.2, 0.25) is 15.9 Å². The molecule has 48 heavy (non-hydrogen) atoms. The summed E-state index contributed by atoms with van der Waals surface area (Å²) < 4.78 is 67.7. The highest BCUT2D eigenvalue weighted by Gasteiger charge is 2.27. The number of rotatable bonds is 7. The quantitative estimate of drug-likeness (QED) is 0.186. The number of pyridine rings is 1. The fourth-order valence-electron chi connectivity index (χ4n) is 5.65. The number of nitrogens with one attached hydrogen (secondary N) is 1. The second-order valence-electron chi connectivity index (χ2n) is 11.1. The van der Waals surface area contributed by atoms with Gasteiger partial charge in [-0.3, -0.25) is 14.1 Å². The molecule has 3 aromatic heterocycles. The molecule has 0 bridgehead atoms. The number of nitrogens with zero attached hydrogens (tertiary/aromatic N) is 3. The van der Waals surface area contributed by atoms with Crippen molar-refractivity contribution in [3.05, 3.63) is 115 Å². The third-order valence-electron chi connectivity index (χ3n) is 8.11. The molecular weight excluding hydrogens is 638 g/mol. The van der Waals surface area contributed by atoms with E-state index in [2.05, 4.69) is 15.3 Å². The first kappa shape index (κ1) is 30.8. The van der Waals surface area contributed by atoms with Crippen LogP contribution in [-0.4, -0.2) is 44.6 Å². The molecule has 7 aromatic rings. The van der Waals surface area contributed by atoms with E-state index in [1.165, 1.54) is 50.5 Å². The molecule has 1 amide bonds. The monoisotopic (exact) mass is 664 g/mol. The van der Waals surface area contributed by atoms with Gasteiger partial charge >= 0.3 is 0 Å². The summed E-state index contributed by atoms with van der Waals surface area (Å²) in [6.45, 7) is 0. The number of furan rings is 1. The summed E-state index contributed by atoms with van der Waals surface area (Å²) in [6.07, 6.45) is 4.39. The Bertz CT molecular complexity index is 2480. The van der Waals surface area contributed by atoms with Crippen molar-refractivity contribution in [1.82, 2.24) is 15.3 Å². The van der Waals surface area contributed by atoms with Crippen LogP contribution in [-0.2, 0) is 10.0 Å². The van der Waals surface area contributed by atoms with Gasteiger partial charge in [0.05, 0.1) is 17.5 Å². The van der Waals surface area contributed by atoms with Crippen molar-refractivity contribution in [2.45, 2.75) is 0 Å². The highest BCUT2D eigenvalue weighted by Crippen LogP contribution is 2.43. The number of carbonyl (C=O) groups is 1. The number of sulfonamides is 1. The number of para-hydroxylation sites is 1. The lowest BCUT2D eigenvalue weighted by Crippen LogP contribution is -2.25. The lowest BCUT2D eigenvalue weighted by Gasteiger charge is -2.21. The minimum atomic E-state index is -3.78. The van der Waals surface area contributed by atoms with Crippen LogP contribution >= 0.6 is 0 Å². The van der Waals surface area contributed by atoms with Crippen molar-refractivity contribution in [1.29, 1.82) is 0 Å². The fraction of sp³-hybridized carbons (Fsp3) is 0.0833. The third kappa shape index (κ3) is 5.35. The molecule has 0 saturated carbocycles. The van der Waals surface area contributed by atoms with Gasteiger partial charge in [-0.05, 0) is 65.7 Å². The first-order chi connectivity index (χ1) is 23.0. The number of anilines is 1. The van der Waals surface area contributed by atoms with Gasteiger partial charge in [-0.15, -0.1) is 0 Å². The Balaban J connectivity index is 1.53. The van der Waals surface area contributed by atoms with E-state index in [4.69, 9.17) is 8.83 Å². The first-order valence-electron chi connectivity index (χ1n) is 14.7. The van der Waals surface area contributed by atoms with Gasteiger partial charge in [-0.25, -0.2) is 22.2 Å². The molecule has 0 atom stereocenters. The highest BCUT2D eigenvalue weighted by molar-refractivity contribution is 7.92. The molecule has 0 fully saturated rings. The molecule has 240 valence electrons. The number of halogens is 2. The smallest absolute Gasteiger partial charge is 0.255 e. The van der Waals surface area contributed by atoms with Crippen LogP contribution in [0.5, 0.6) is 0 Å². The van der Waals surface area contributed by atoms with E-state index in [1.807, 2.05) is 12.1 Å². The Morgan fingerprint density at radius 1 is 0.833 bits per heavy atom. The molecule has 0 aliphatic heterocycles. The normalized spacial score (nSPS) is 11.7. The Morgan fingerprint density at radius 2 is 1.60 bits per heavy atom. The van der Waals surface area contributed by atoms with Gasteiger partial charge in [0.25, 0.3) is 5.91 Å². The summed E-state index contributed by atoms with van der Waals surface area (Å²) >= 11 is 0. The Kier molecular flexibility index (Phi) is 7.52. The average molecular weight is 665 g/mol. The number of carbonyl (C=O) groups excluding carboxylic acids is 1. The summed E-state index contributed by atoms with van der Waals surface area (Å²) in [7, 11) is -0.886. The van der Waals surface area contributed by atoms with Crippen LogP contribution in [0.25, 0.3) is 67.1 Å². The van der Waals surface area contributed by atoms with Crippen LogP contribution in [0.1, 0.15) is 10.4 Å². The standard InChI is InChI=1S/C36H26F2N4O5S/c1-39-35(43)32-27-17-25(29(42(2)48(3,44)45)18-31(27)46-34(32)20-9-12-23(37)13-10-20)21-11-14-24(22-6-5-15-40-19-22)26(16-21)36-41-33-28(38)7-4-8-30(33)47-36/h4-19H,1-3H3,(H,39,43). The molecule has 0 saturated heterocycles. The van der Waals surface area contributed by atoms with E-state index in [1.54, 1.807) is 48.8 Å². The minimum absolute atomic E-state index is 0.0656. The van der Waals surface area contributed by atoms with Crippen molar-refractivity contribution >= 4 is 43.7 Å². The number of hydrogen-bond donors (Lipinski definition) is 1. The van der Waals surface area contributed by atoms with Crippen LogP contribution in [0.3, 0.4) is 0 Å². The first-order valence-corrected chi connectivity index (χ1v) is 16.5. The lowest BCUT2D eigenvalue weighted by molar-refractivity contribution is 0.0964. The van der Waals surface area contributed by atoms with Gasteiger partial charge in [0.15, 0.2) is 11.4 Å². The largest absolute Gasteiger partial charge is 0.455 e. The molecule has 0 unspecified atom stereocenters. The molecule has 12 heteroatoms. The number of amides is 1. The fourth-order valence-corrected chi connectivity index (χ4v) is 6.16. The highest BCUT2D eigenvalue weighted by atomic mass is 32.2. The van der Waals surface area contributed by atoms with Gasteiger partial charge in [-0.2, -0.15) is 0 Å². The van der Waals surface area contributed by atoms with Gasteiger partial charge < -0.3 is 14.2 Å². The lowest BCUT2D eigenvalue weighted by atomic mass is 9.93. The molecule has 0 radical (unpaired) electrons. The predicted octanol–water partition coefficient (Wildman–Crippen LogP) is 7.67. The van der Waals surface area contributed by atoms with Crippen molar-refractivity contribution in [2.24, 2.45) is 0 Å². The number of hydrogen-bond acceptors (Lipinski definition) is 7. The van der Waals surface area contributed by atoms with E-state index in [0.717, 1.165) is 16.1 Å². The maximum atomic E-state index is 14.7. The maximum absolute atomic E-state index is 14.7. The Morgan fingerprint density at radius 3 is 2.29 bits per heavy atom. The summed E-state index contributed by atoms with van der Waals surface area (Å²) in [5.41, 5.74) is 4.37. The van der Waals surface area contributed by atoms with E-state index in [0.29, 0.717) is 33.2 Å². The van der Waals surface area contributed by atoms with E-state index < -0.39 is 27.6 Å². The summed E-state index contributed by atoms with van der Waals surface area (Å²) in [4.78, 5) is 22.0. The topological polar surface area (TPSA) is 119 Å². The van der Waals surface area contributed by atoms with Crippen LogP contribution in [0, 0.1) is 11.6 Å². The Hall–Kier alpha value is -5.88. The predicted molar refractivity (Wildman–Crippen MR) is 180 cm³/mol. The summed E-state index contributed by atoms with van der Waals surface area (Å²) in [5.74, 6) is -1.12. The zero-order chi connectivity index (χ0) is 33.7. The van der Waals surface area contributed by atoms with Crippen LogP contribution in [0.4, 0.5) is 14.5 Å². The van der Waals surface area contributed by atoms with Crippen molar-refractivity contribution in [3.63, 3.8) is 0 Å². The number of oxazole rings is 1. The molecular formula is C36H26F2N4O5S. The van der Waals surface area contributed by atoms with Crippen LogP contribution < -0.4 is 9.62 Å². The van der Waals surface area contributed by atoms with E-state index in [9.17, 15) is 22.0 Å². The zero-order valence-corrected chi connectivity index (χ0v) is 26.6. The summed E-state index contributed by atoms with van der Waals surface area (Å²) in [5, 5.41) is 3.04. The molecule has 1 N–H and O–H groups in total. The minimum Gasteiger partial charge on any atom is -0.455 e. The van der Waals surface area contributed by atoms with E-state index in [-0.39, 0.29) is 39.6 Å². The maximum Gasteiger partial charge on any atom is 0.255 e. The molecule has 0 aliphatic rings. The molecule has 9 nitrogen and oxygen atoms in total. The van der Waals surface area contributed by atoms with Crippen LogP contribution in [0.15, 0.2) is 106 Å². The second-order valence-corrected chi connectivity index (χ2v) is 13.1. The van der Waals surface area contributed by atoms with Gasteiger partial charge in [0, 0.05) is 60.2 Å². The number of benzene rings is 4. The van der Waals surface area contributed by atoms with Gasteiger partial charge in [-0.1, -0.05) is 24.3 Å². The number of aromatic nitrogens is 2. The Labute approximate surface area is 273 Å². The van der Waals surface area contributed by atoms with E-state index >= 15 is 0 Å². The molecule has 4 aromatic carbocycles. The average Bonchev–Trinajstić information content (AvgIpc) is 3.70. The van der Waals surface area contributed by atoms with Crippen molar-refractivity contribution in [3.8, 4) is 45.0 Å². The zero-order valence-electron chi connectivity index (χ0n) is 25.8. The molecule has 7 rings (SSSR count). The summed E-state index contributed by atoms with van der Waals surface area (Å²) in [6, 6.07) is 22.2. The van der Waals surface area contributed by atoms with Crippen molar-refractivity contribution < 1.29 is 30.8 Å². The SMILES string of the molecule is CNC(=O)c1c(-c2ccc(F)cc2)oc2cc(N(C)S(C)(=O)=O)c(-c3ccc(-c4cccnc4)c(-c4nc5c(F)cccc5o4)c3)cc12.